The van der Waals surface area contributed by atoms with Gasteiger partial charge >= 0.3 is 0 Å². The number of hydrogen-bond acceptors (Lipinski definition) is 4. The summed E-state index contributed by atoms with van der Waals surface area (Å²) in [5.74, 6) is 0. The van der Waals surface area contributed by atoms with Gasteiger partial charge in [0, 0.05) is 44.3 Å². The number of para-hydroxylation sites is 6. The number of hydrogen-bond donors (Lipinski definition) is 0. The highest BCUT2D eigenvalue weighted by Crippen LogP contribution is 2.63. The maximum Gasteiger partial charge on any atom is 0.159 e. The summed E-state index contributed by atoms with van der Waals surface area (Å²) in [7, 11) is 0. The minimum absolute atomic E-state index is 0.756. The third kappa shape index (κ3) is 7.73. The third-order valence-electron chi connectivity index (χ3n) is 18.6. The molecule has 0 fully saturated rings. The molecule has 4 heteroatoms. The van der Waals surface area contributed by atoms with Crippen LogP contribution in [0.5, 0.6) is 0 Å². The van der Waals surface area contributed by atoms with Crippen molar-refractivity contribution in [1.82, 2.24) is 0 Å². The van der Waals surface area contributed by atoms with Crippen LogP contribution in [0.25, 0.3) is 110 Å². The van der Waals surface area contributed by atoms with Gasteiger partial charge in [-0.25, -0.2) is 0 Å². The second kappa shape index (κ2) is 20.2. The zero-order chi connectivity index (χ0) is 58.6. The minimum Gasteiger partial charge on any atom is -0.454 e. The third-order valence-corrected chi connectivity index (χ3v) is 18.6. The fourth-order valence-corrected chi connectivity index (χ4v) is 14.9. The zero-order valence-electron chi connectivity index (χ0n) is 48.4. The summed E-state index contributed by atoms with van der Waals surface area (Å²) in [4.78, 5) is 4.68. The van der Waals surface area contributed by atoms with Crippen LogP contribution in [0.3, 0.4) is 0 Å². The van der Waals surface area contributed by atoms with E-state index in [4.69, 9.17) is 8.83 Å². The van der Waals surface area contributed by atoms with Gasteiger partial charge in [0.15, 0.2) is 11.2 Å². The van der Waals surface area contributed by atoms with Gasteiger partial charge in [0.2, 0.25) is 0 Å². The van der Waals surface area contributed by atoms with E-state index in [0.717, 1.165) is 100 Å². The van der Waals surface area contributed by atoms with Crippen LogP contribution in [0.4, 0.5) is 34.1 Å². The van der Waals surface area contributed by atoms with Crippen molar-refractivity contribution >= 4 is 110 Å². The van der Waals surface area contributed by atoms with Crippen LogP contribution in [-0.4, -0.2) is 0 Å². The van der Waals surface area contributed by atoms with Crippen molar-refractivity contribution in [3.05, 3.63) is 350 Å². The summed E-state index contributed by atoms with van der Waals surface area (Å²) in [6.45, 7) is 0. The summed E-state index contributed by atoms with van der Waals surface area (Å²) in [5.41, 5.74) is 20.8. The Morgan fingerprint density at radius 2 is 0.663 bits per heavy atom. The van der Waals surface area contributed by atoms with Gasteiger partial charge in [-0.15, -0.1) is 0 Å². The Balaban J connectivity index is 0.864. The topological polar surface area (TPSA) is 32.8 Å². The van der Waals surface area contributed by atoms with Crippen molar-refractivity contribution in [3.8, 4) is 33.4 Å². The first-order chi connectivity index (χ1) is 44.2. The average Bonchev–Trinajstić information content (AvgIpc) is 1.53. The summed E-state index contributed by atoms with van der Waals surface area (Å²) >= 11 is 0. The highest BCUT2D eigenvalue weighted by molar-refractivity contribution is 6.24. The van der Waals surface area contributed by atoms with E-state index in [1.54, 1.807) is 0 Å². The Morgan fingerprint density at radius 3 is 1.22 bits per heavy atom. The van der Waals surface area contributed by atoms with E-state index in [0.29, 0.717) is 0 Å². The number of anilines is 6. The van der Waals surface area contributed by atoms with E-state index in [9.17, 15) is 0 Å². The Labute approximate surface area is 514 Å². The summed E-state index contributed by atoms with van der Waals surface area (Å²) in [6, 6.07) is 120. The molecule has 4 nitrogen and oxygen atoms in total. The first-order valence-electron chi connectivity index (χ1n) is 30.6. The molecule has 416 valence electrons. The van der Waals surface area contributed by atoms with Crippen LogP contribution in [0.15, 0.2) is 336 Å². The molecule has 0 amide bonds. The summed E-state index contributed by atoms with van der Waals surface area (Å²) in [6.07, 6.45) is 0. The molecule has 1 aliphatic carbocycles. The quantitative estimate of drug-likeness (QED) is 0.128. The van der Waals surface area contributed by atoms with Gasteiger partial charge < -0.3 is 18.6 Å². The van der Waals surface area contributed by atoms with E-state index in [1.165, 1.54) is 65.7 Å². The van der Waals surface area contributed by atoms with E-state index in [2.05, 4.69) is 325 Å². The van der Waals surface area contributed by atoms with Crippen molar-refractivity contribution in [2.75, 3.05) is 9.80 Å². The van der Waals surface area contributed by atoms with Crippen molar-refractivity contribution in [2.24, 2.45) is 0 Å². The molecule has 0 radical (unpaired) electrons. The molecular formula is C85H54N2O2. The highest BCUT2D eigenvalue weighted by atomic mass is 16.3. The lowest BCUT2D eigenvalue weighted by Gasteiger charge is -2.35. The smallest absolute Gasteiger partial charge is 0.159 e. The molecule has 18 rings (SSSR count). The van der Waals surface area contributed by atoms with Gasteiger partial charge in [0.05, 0.1) is 16.8 Å². The first-order valence-corrected chi connectivity index (χ1v) is 30.6. The van der Waals surface area contributed by atoms with Gasteiger partial charge in [0.25, 0.3) is 0 Å². The SMILES string of the molecule is c1ccc(N(c2cccc(-c3ccc4c5c(c6ccccc6c4c3)-c3c(cc(-c4cccc(N(c6ccccc6)c6cccc7c6oc6ccccc67)c4)c4ccccc34)C5(c3ccccc3)c3ccccc3)c2)c2cccc3c2oc2ccccc23)cc1. The highest BCUT2D eigenvalue weighted by Gasteiger charge is 2.49. The number of nitrogens with zero attached hydrogens (tertiary/aromatic N) is 2. The Kier molecular flexibility index (Phi) is 11.5. The molecule has 89 heavy (non-hydrogen) atoms. The van der Waals surface area contributed by atoms with Gasteiger partial charge in [-0.2, -0.15) is 0 Å². The number of rotatable bonds is 10. The van der Waals surface area contributed by atoms with Gasteiger partial charge in [-0.1, -0.05) is 243 Å². The maximum atomic E-state index is 6.78. The maximum absolute atomic E-state index is 6.78. The lowest BCUT2D eigenvalue weighted by Crippen LogP contribution is -2.29. The molecule has 0 atom stereocenters. The van der Waals surface area contributed by atoms with Crippen molar-refractivity contribution < 1.29 is 8.83 Å². The van der Waals surface area contributed by atoms with Crippen LogP contribution in [-0.2, 0) is 5.41 Å². The minimum atomic E-state index is -0.756. The molecular weight excluding hydrogens is 1080 g/mol. The molecule has 0 saturated carbocycles. The first kappa shape index (κ1) is 50.6. The Hall–Kier alpha value is -11.7. The molecule has 0 unspecified atom stereocenters. The molecule has 1 aliphatic rings. The van der Waals surface area contributed by atoms with Crippen molar-refractivity contribution in [2.45, 2.75) is 5.41 Å². The lowest BCUT2D eigenvalue weighted by atomic mass is 9.66. The molecule has 17 aromatic rings. The van der Waals surface area contributed by atoms with Crippen LogP contribution in [0.1, 0.15) is 22.3 Å². The van der Waals surface area contributed by atoms with Crippen LogP contribution < -0.4 is 9.80 Å². The molecule has 0 bridgehead atoms. The second-order valence-corrected chi connectivity index (χ2v) is 23.4. The standard InChI is InChI=1S/C85H54N2O2/c1-5-27-58(28-6-1)85(59-29-7-2-8-30-59)75-54-73(57-26-22-36-63(52-57)87(61-33-11-4-12-34-61)77-46-24-44-72-67-40-18-20-48-79(67)89-84(72)77)64-37-13-15-41-68(64)80(75)81-69-42-16-14-38-65(69)74-53-56(49-50-70(74)82(81)85)55-25-21-35-62(51-55)86(60-31-9-3-10-32-60)76-45-23-43-71-66-39-17-19-47-78(66)88-83(71)76/h1-54H. The molecule has 0 aliphatic heterocycles. The van der Waals surface area contributed by atoms with E-state index < -0.39 is 5.41 Å². The number of fused-ring (bicyclic) bond motifs is 16. The molecule has 0 N–H and O–H groups in total. The van der Waals surface area contributed by atoms with Crippen LogP contribution >= 0.6 is 0 Å². The Morgan fingerprint density at radius 1 is 0.247 bits per heavy atom. The summed E-state index contributed by atoms with van der Waals surface area (Å²) < 4.78 is 13.5. The van der Waals surface area contributed by atoms with E-state index in [1.807, 2.05) is 12.1 Å². The van der Waals surface area contributed by atoms with E-state index in [-0.39, 0.29) is 0 Å². The van der Waals surface area contributed by atoms with Crippen LogP contribution in [0.2, 0.25) is 0 Å². The Bertz CT molecular complexity index is 5590. The van der Waals surface area contributed by atoms with Crippen molar-refractivity contribution in [1.29, 1.82) is 0 Å². The number of furan rings is 2. The average molecular weight is 1140 g/mol. The van der Waals surface area contributed by atoms with Gasteiger partial charge in [-0.3, -0.25) is 0 Å². The molecule has 0 saturated heterocycles. The second-order valence-electron chi connectivity index (χ2n) is 23.4. The molecule has 0 spiro atoms. The predicted octanol–water partition coefficient (Wildman–Crippen LogP) is 23.6. The van der Waals surface area contributed by atoms with Crippen LogP contribution in [0, 0.1) is 0 Å². The fourth-order valence-electron chi connectivity index (χ4n) is 14.9. The van der Waals surface area contributed by atoms with E-state index >= 15 is 0 Å². The molecule has 2 heterocycles. The fraction of sp³-hybridized carbons (Fsp3) is 0.0118. The molecule has 2 aromatic heterocycles. The lowest BCUT2D eigenvalue weighted by molar-refractivity contribution is 0.668. The van der Waals surface area contributed by atoms with Gasteiger partial charge in [-0.05, 0) is 173 Å². The van der Waals surface area contributed by atoms with Crippen molar-refractivity contribution in [3.63, 3.8) is 0 Å². The normalized spacial score (nSPS) is 12.6. The molecule has 15 aromatic carbocycles. The zero-order valence-corrected chi connectivity index (χ0v) is 48.4. The predicted molar refractivity (Wildman–Crippen MR) is 371 cm³/mol. The summed E-state index contributed by atoms with van der Waals surface area (Å²) in [5, 5.41) is 11.6. The van der Waals surface area contributed by atoms with Gasteiger partial charge in [0.1, 0.15) is 11.2 Å². The number of benzene rings is 15. The monoisotopic (exact) mass is 1130 g/mol. The largest absolute Gasteiger partial charge is 0.454 e.